The quantitative estimate of drug-likeness (QED) is 0.813. The molecule has 0 spiro atoms. The summed E-state index contributed by atoms with van der Waals surface area (Å²) in [5, 5.41) is 3.22. The first-order chi connectivity index (χ1) is 8.84. The van der Waals surface area contributed by atoms with Crippen LogP contribution in [0.3, 0.4) is 0 Å². The maximum atomic E-state index is 12.3. The lowest BCUT2D eigenvalue weighted by atomic mass is 10.0. The van der Waals surface area contributed by atoms with Gasteiger partial charge in [0, 0.05) is 31.8 Å². The lowest BCUT2D eigenvalue weighted by Crippen LogP contribution is -2.47. The summed E-state index contributed by atoms with van der Waals surface area (Å²) in [6.07, 6.45) is 5.53. The van der Waals surface area contributed by atoms with Crippen molar-refractivity contribution >= 4 is 28.2 Å². The Kier molecular flexibility index (Phi) is 5.87. The van der Waals surface area contributed by atoms with Gasteiger partial charge in [0.25, 0.3) is 0 Å². The summed E-state index contributed by atoms with van der Waals surface area (Å²) in [7, 11) is -1.07. The lowest BCUT2D eigenvalue weighted by molar-refractivity contribution is -0.133. The number of likely N-dealkylation sites (tertiary alicyclic amines) is 1. The molecule has 20 heavy (non-hydrogen) atoms. The van der Waals surface area contributed by atoms with Crippen molar-refractivity contribution in [2.24, 2.45) is 5.41 Å². The van der Waals surface area contributed by atoms with Crippen LogP contribution in [0, 0.1) is 5.41 Å². The number of nitrogens with one attached hydrogen (secondary N) is 1. The molecule has 1 aliphatic heterocycles. The summed E-state index contributed by atoms with van der Waals surface area (Å²) in [6, 6.07) is 0.378. The number of amides is 1. The molecule has 2 aliphatic rings. The van der Waals surface area contributed by atoms with Crippen molar-refractivity contribution in [1.82, 2.24) is 10.2 Å². The van der Waals surface area contributed by atoms with Crippen LogP contribution >= 0.6 is 12.4 Å². The van der Waals surface area contributed by atoms with Gasteiger partial charge >= 0.3 is 0 Å². The van der Waals surface area contributed by atoms with Crippen LogP contribution in [0.1, 0.15) is 32.1 Å². The number of hydrogen-bond acceptors (Lipinski definition) is 4. The molecule has 1 amide bonds. The molecule has 118 valence electrons. The molecule has 1 N–H and O–H groups in total. The fourth-order valence-electron chi connectivity index (χ4n) is 2.98. The van der Waals surface area contributed by atoms with Crippen molar-refractivity contribution in [3.05, 3.63) is 0 Å². The number of carbonyl (C=O) groups is 1. The van der Waals surface area contributed by atoms with Crippen LogP contribution in [0.25, 0.3) is 0 Å². The zero-order valence-electron chi connectivity index (χ0n) is 12.2. The fraction of sp³-hybridized carbons (Fsp3) is 0.923. The summed E-state index contributed by atoms with van der Waals surface area (Å²) in [5.41, 5.74) is -0.253. The van der Waals surface area contributed by atoms with Gasteiger partial charge < -0.3 is 10.2 Å². The standard InChI is InChI=1S/C13H24N2O3S.ClH/c1-14-11-4-3-7-15(9-11)12(16)8-13(5-6-13)10-19(2,17)18;/h11,14H,3-10H2,1-2H3;1H. The van der Waals surface area contributed by atoms with Crippen molar-refractivity contribution in [2.45, 2.75) is 38.1 Å². The summed E-state index contributed by atoms with van der Waals surface area (Å²) in [4.78, 5) is 14.2. The minimum Gasteiger partial charge on any atom is -0.341 e. The molecule has 0 aromatic rings. The van der Waals surface area contributed by atoms with Gasteiger partial charge in [-0.25, -0.2) is 8.42 Å². The number of piperidine rings is 1. The molecule has 1 aliphatic carbocycles. The second kappa shape index (κ2) is 6.62. The number of sulfone groups is 1. The van der Waals surface area contributed by atoms with Crippen molar-refractivity contribution in [1.29, 1.82) is 0 Å². The highest BCUT2D eigenvalue weighted by atomic mass is 35.5. The van der Waals surface area contributed by atoms with Gasteiger partial charge in [0.05, 0.1) is 5.75 Å². The van der Waals surface area contributed by atoms with E-state index in [0.717, 1.165) is 38.8 Å². The molecule has 1 saturated carbocycles. The summed E-state index contributed by atoms with van der Waals surface area (Å²) in [5.74, 6) is 0.288. The first-order valence-corrected chi connectivity index (χ1v) is 9.02. The summed E-state index contributed by atoms with van der Waals surface area (Å²) < 4.78 is 22.8. The number of hydrogen-bond donors (Lipinski definition) is 1. The third-order valence-electron chi connectivity index (χ3n) is 4.23. The maximum absolute atomic E-state index is 12.3. The average molecular weight is 325 g/mol. The molecule has 7 heteroatoms. The predicted octanol–water partition coefficient (Wildman–Crippen LogP) is 0.833. The molecule has 2 fully saturated rings. The van der Waals surface area contributed by atoms with E-state index in [1.807, 2.05) is 11.9 Å². The van der Waals surface area contributed by atoms with Crippen LogP contribution in [-0.2, 0) is 14.6 Å². The zero-order valence-corrected chi connectivity index (χ0v) is 13.9. The SMILES string of the molecule is CNC1CCCN(C(=O)CC2(CS(C)(=O)=O)CC2)C1.Cl. The Balaban J connectivity index is 0.00000200. The molecule has 5 nitrogen and oxygen atoms in total. The third kappa shape index (κ3) is 4.90. The third-order valence-corrected chi connectivity index (χ3v) is 5.37. The van der Waals surface area contributed by atoms with E-state index in [2.05, 4.69) is 5.32 Å². The van der Waals surface area contributed by atoms with Crippen LogP contribution in [0.4, 0.5) is 0 Å². The van der Waals surface area contributed by atoms with Crippen molar-refractivity contribution in [3.63, 3.8) is 0 Å². The van der Waals surface area contributed by atoms with Gasteiger partial charge in [-0.05, 0) is 38.1 Å². The summed E-state index contributed by atoms with van der Waals surface area (Å²) >= 11 is 0. The van der Waals surface area contributed by atoms with Crippen molar-refractivity contribution in [3.8, 4) is 0 Å². The van der Waals surface area contributed by atoms with Gasteiger partial charge in [0.2, 0.25) is 5.91 Å². The van der Waals surface area contributed by atoms with Gasteiger partial charge in [-0.2, -0.15) is 0 Å². The van der Waals surface area contributed by atoms with Crippen LogP contribution < -0.4 is 5.32 Å². The lowest BCUT2D eigenvalue weighted by Gasteiger charge is -2.33. The minimum absolute atomic E-state index is 0. The van der Waals surface area contributed by atoms with Crippen LogP contribution in [-0.4, -0.2) is 57.4 Å². The van der Waals surface area contributed by atoms with Crippen molar-refractivity contribution < 1.29 is 13.2 Å². The molecule has 1 atom stereocenters. The van der Waals surface area contributed by atoms with Gasteiger partial charge in [0.1, 0.15) is 9.84 Å². The van der Waals surface area contributed by atoms with Crippen LogP contribution in [0.5, 0.6) is 0 Å². The second-order valence-corrected chi connectivity index (χ2v) is 8.35. The molecule has 1 saturated heterocycles. The number of carbonyl (C=O) groups excluding carboxylic acids is 1. The molecule has 2 rings (SSSR count). The Morgan fingerprint density at radius 1 is 1.40 bits per heavy atom. The fourth-order valence-corrected chi connectivity index (χ4v) is 4.48. The van der Waals surface area contributed by atoms with Gasteiger partial charge in [-0.3, -0.25) is 4.79 Å². The van der Waals surface area contributed by atoms with Crippen LogP contribution in [0.15, 0.2) is 0 Å². The maximum Gasteiger partial charge on any atom is 0.223 e. The Bertz CT molecular complexity index is 449. The van der Waals surface area contributed by atoms with E-state index in [4.69, 9.17) is 0 Å². The van der Waals surface area contributed by atoms with Gasteiger partial charge in [-0.15, -0.1) is 12.4 Å². The molecule has 0 radical (unpaired) electrons. The summed E-state index contributed by atoms with van der Waals surface area (Å²) in [6.45, 7) is 1.57. The topological polar surface area (TPSA) is 66.5 Å². The molecular weight excluding hydrogens is 300 g/mol. The van der Waals surface area contributed by atoms with E-state index >= 15 is 0 Å². The Morgan fingerprint density at radius 3 is 2.55 bits per heavy atom. The first-order valence-electron chi connectivity index (χ1n) is 6.96. The highest BCUT2D eigenvalue weighted by molar-refractivity contribution is 7.90. The molecule has 0 aromatic heterocycles. The largest absolute Gasteiger partial charge is 0.341 e. The smallest absolute Gasteiger partial charge is 0.223 e. The average Bonchev–Trinajstić information content (AvgIpc) is 3.06. The highest BCUT2D eigenvalue weighted by Gasteiger charge is 2.47. The Hall–Kier alpha value is -0.330. The van der Waals surface area contributed by atoms with E-state index in [1.165, 1.54) is 6.26 Å². The monoisotopic (exact) mass is 324 g/mol. The zero-order chi connectivity index (χ0) is 14.1. The van der Waals surface area contributed by atoms with E-state index in [1.54, 1.807) is 0 Å². The van der Waals surface area contributed by atoms with E-state index in [0.29, 0.717) is 12.5 Å². The Labute approximate surface area is 127 Å². The molecule has 1 heterocycles. The first kappa shape index (κ1) is 17.7. The normalized spacial score (nSPS) is 24.9. The second-order valence-electron chi connectivity index (χ2n) is 6.21. The molecule has 0 bridgehead atoms. The number of likely N-dealkylation sites (N-methyl/N-ethyl adjacent to an activating group) is 1. The highest BCUT2D eigenvalue weighted by Crippen LogP contribution is 2.50. The van der Waals surface area contributed by atoms with Crippen LogP contribution in [0.2, 0.25) is 0 Å². The van der Waals surface area contributed by atoms with Gasteiger partial charge in [-0.1, -0.05) is 0 Å². The predicted molar refractivity (Wildman–Crippen MR) is 81.9 cm³/mol. The van der Waals surface area contributed by atoms with E-state index < -0.39 is 9.84 Å². The number of halogens is 1. The molecule has 1 unspecified atom stereocenters. The number of nitrogens with zero attached hydrogens (tertiary/aromatic N) is 1. The van der Waals surface area contributed by atoms with E-state index in [-0.39, 0.29) is 29.5 Å². The minimum atomic E-state index is -2.99. The molecule has 0 aromatic carbocycles. The van der Waals surface area contributed by atoms with Gasteiger partial charge in [0.15, 0.2) is 0 Å². The number of rotatable bonds is 5. The van der Waals surface area contributed by atoms with E-state index in [9.17, 15) is 13.2 Å². The van der Waals surface area contributed by atoms with Crippen molar-refractivity contribution in [2.75, 3.05) is 32.1 Å². The molecular formula is C13H25ClN2O3S. The Morgan fingerprint density at radius 2 is 2.05 bits per heavy atom.